The van der Waals surface area contributed by atoms with Crippen LogP contribution in [0, 0.1) is 11.6 Å². The van der Waals surface area contributed by atoms with Crippen LogP contribution in [0.1, 0.15) is 23.7 Å². The Morgan fingerprint density at radius 2 is 2.22 bits per heavy atom. The highest BCUT2D eigenvalue weighted by Crippen LogP contribution is 2.27. The minimum absolute atomic E-state index is 0.00604. The van der Waals surface area contributed by atoms with Gasteiger partial charge in [0.1, 0.15) is 16.9 Å². The van der Waals surface area contributed by atoms with Crippen molar-refractivity contribution in [2.45, 2.75) is 18.9 Å². The summed E-state index contributed by atoms with van der Waals surface area (Å²) in [4.78, 5) is 4.24. The fourth-order valence-electron chi connectivity index (χ4n) is 1.38. The first-order valence-corrected chi connectivity index (χ1v) is 6.63. The quantitative estimate of drug-likeness (QED) is 0.783. The molecule has 1 unspecified atom stereocenters. The van der Waals surface area contributed by atoms with E-state index in [0.717, 1.165) is 17.8 Å². The Kier molecular flexibility index (Phi) is 4.14. The summed E-state index contributed by atoms with van der Waals surface area (Å²) >= 11 is 7.04. The molecule has 2 aromatic rings. The summed E-state index contributed by atoms with van der Waals surface area (Å²) in [6.07, 6.45) is -0.410. The maximum absolute atomic E-state index is 13.4. The second-order valence-electron chi connectivity index (χ2n) is 3.65. The smallest absolute Gasteiger partial charge is 0.168 e. The third kappa shape index (κ3) is 2.97. The average Bonchev–Trinajstić information content (AvgIpc) is 2.81. The molecule has 2 nitrogen and oxygen atoms in total. The van der Waals surface area contributed by atoms with Gasteiger partial charge in [-0.1, -0.05) is 0 Å². The van der Waals surface area contributed by atoms with Crippen LogP contribution in [-0.2, 0) is 5.88 Å². The molecule has 96 valence electrons. The van der Waals surface area contributed by atoms with Crippen molar-refractivity contribution in [3.63, 3.8) is 0 Å². The minimum atomic E-state index is -0.726. The van der Waals surface area contributed by atoms with Gasteiger partial charge in [0.25, 0.3) is 0 Å². The summed E-state index contributed by atoms with van der Waals surface area (Å²) < 4.78 is 31.5. The van der Waals surface area contributed by atoms with Crippen LogP contribution in [0.2, 0.25) is 0 Å². The third-order valence-electron chi connectivity index (χ3n) is 2.25. The van der Waals surface area contributed by atoms with Gasteiger partial charge in [0.15, 0.2) is 11.6 Å². The second kappa shape index (κ2) is 5.63. The molecule has 0 bridgehead atoms. The Morgan fingerprint density at radius 3 is 2.83 bits per heavy atom. The fraction of sp³-hybridized carbons (Fsp3) is 0.250. The summed E-state index contributed by atoms with van der Waals surface area (Å²) in [6, 6.07) is 3.20. The Morgan fingerprint density at radius 1 is 1.44 bits per heavy atom. The molecule has 0 saturated heterocycles. The van der Waals surface area contributed by atoms with E-state index < -0.39 is 17.7 Å². The lowest BCUT2D eigenvalue weighted by Gasteiger charge is -2.12. The highest BCUT2D eigenvalue weighted by atomic mass is 35.5. The van der Waals surface area contributed by atoms with Crippen molar-refractivity contribution in [1.82, 2.24) is 4.98 Å². The molecule has 0 aliphatic carbocycles. The number of aromatic nitrogens is 1. The first-order valence-electron chi connectivity index (χ1n) is 5.22. The highest BCUT2D eigenvalue weighted by molar-refractivity contribution is 7.09. The van der Waals surface area contributed by atoms with Gasteiger partial charge >= 0.3 is 0 Å². The molecular weight excluding hydrogens is 280 g/mol. The van der Waals surface area contributed by atoms with Gasteiger partial charge in [0.2, 0.25) is 0 Å². The van der Waals surface area contributed by atoms with Crippen molar-refractivity contribution in [2.24, 2.45) is 0 Å². The van der Waals surface area contributed by atoms with E-state index >= 15 is 0 Å². The maximum atomic E-state index is 13.4. The molecule has 0 aliphatic heterocycles. The van der Waals surface area contributed by atoms with E-state index in [4.69, 9.17) is 16.3 Å². The number of halogens is 3. The number of rotatable bonds is 4. The molecule has 1 heterocycles. The Hall–Kier alpha value is -1.20. The fourth-order valence-corrected chi connectivity index (χ4v) is 2.41. The van der Waals surface area contributed by atoms with E-state index in [2.05, 4.69) is 4.98 Å². The molecular formula is C12H10ClF2NOS. The Balaban J connectivity index is 2.13. The van der Waals surface area contributed by atoms with E-state index in [-0.39, 0.29) is 5.75 Å². The first-order chi connectivity index (χ1) is 8.60. The molecule has 0 radical (unpaired) electrons. The number of hydrogen-bond donors (Lipinski definition) is 0. The highest BCUT2D eigenvalue weighted by Gasteiger charge is 2.14. The predicted molar refractivity (Wildman–Crippen MR) is 67.1 cm³/mol. The SMILES string of the molecule is CC(Oc1ccc(F)cc1F)c1nc(CCl)cs1. The molecule has 1 atom stereocenters. The van der Waals surface area contributed by atoms with E-state index in [1.807, 2.05) is 5.38 Å². The summed E-state index contributed by atoms with van der Waals surface area (Å²) in [7, 11) is 0. The molecule has 0 amide bonds. The van der Waals surface area contributed by atoms with Crippen LogP contribution in [-0.4, -0.2) is 4.98 Å². The molecule has 0 N–H and O–H groups in total. The van der Waals surface area contributed by atoms with Gasteiger partial charge in [0.05, 0.1) is 11.6 Å². The van der Waals surface area contributed by atoms with Gasteiger partial charge in [-0.15, -0.1) is 22.9 Å². The predicted octanol–water partition coefficient (Wildman–Crippen LogP) is 4.30. The van der Waals surface area contributed by atoms with Crippen LogP contribution < -0.4 is 4.74 Å². The van der Waals surface area contributed by atoms with E-state index in [1.165, 1.54) is 17.4 Å². The lowest BCUT2D eigenvalue weighted by atomic mass is 10.3. The lowest BCUT2D eigenvalue weighted by Crippen LogP contribution is -2.04. The zero-order chi connectivity index (χ0) is 13.1. The number of thiazole rings is 1. The van der Waals surface area contributed by atoms with Crippen molar-refractivity contribution >= 4 is 22.9 Å². The molecule has 0 fully saturated rings. The molecule has 2 rings (SSSR count). The standard InChI is InChI=1S/C12H10ClF2NOS/c1-7(12-16-9(5-13)6-18-12)17-11-3-2-8(14)4-10(11)15/h2-4,6-7H,5H2,1H3. The normalized spacial score (nSPS) is 12.4. The number of benzene rings is 1. The van der Waals surface area contributed by atoms with Crippen LogP contribution >= 0.6 is 22.9 Å². The minimum Gasteiger partial charge on any atom is -0.480 e. The largest absolute Gasteiger partial charge is 0.480 e. The summed E-state index contributed by atoms with van der Waals surface area (Å²) in [5.41, 5.74) is 0.756. The van der Waals surface area contributed by atoms with Crippen LogP contribution in [0.15, 0.2) is 23.6 Å². The number of ether oxygens (including phenoxy) is 1. The van der Waals surface area contributed by atoms with Crippen molar-refractivity contribution < 1.29 is 13.5 Å². The summed E-state index contributed by atoms with van der Waals surface area (Å²) in [6.45, 7) is 1.75. The molecule has 0 saturated carbocycles. The van der Waals surface area contributed by atoms with E-state index in [9.17, 15) is 8.78 Å². The van der Waals surface area contributed by atoms with Crippen LogP contribution in [0.5, 0.6) is 5.75 Å². The van der Waals surface area contributed by atoms with E-state index in [0.29, 0.717) is 10.9 Å². The van der Waals surface area contributed by atoms with Gasteiger partial charge in [-0.2, -0.15) is 0 Å². The van der Waals surface area contributed by atoms with Crippen molar-refractivity contribution in [3.05, 3.63) is 45.9 Å². The molecule has 18 heavy (non-hydrogen) atoms. The van der Waals surface area contributed by atoms with Crippen LogP contribution in [0.3, 0.4) is 0 Å². The van der Waals surface area contributed by atoms with Gasteiger partial charge in [0, 0.05) is 11.4 Å². The van der Waals surface area contributed by atoms with Crippen molar-refractivity contribution in [3.8, 4) is 5.75 Å². The summed E-state index contributed by atoms with van der Waals surface area (Å²) in [5.74, 6) is -1.03. The zero-order valence-electron chi connectivity index (χ0n) is 9.49. The van der Waals surface area contributed by atoms with Gasteiger partial charge < -0.3 is 4.74 Å². The average molecular weight is 290 g/mol. The van der Waals surface area contributed by atoms with Crippen LogP contribution in [0.4, 0.5) is 8.78 Å². The molecule has 1 aromatic carbocycles. The van der Waals surface area contributed by atoms with E-state index in [1.54, 1.807) is 6.92 Å². The molecule has 0 spiro atoms. The van der Waals surface area contributed by atoms with Gasteiger partial charge in [-0.05, 0) is 19.1 Å². The maximum Gasteiger partial charge on any atom is 0.168 e. The first kappa shape index (κ1) is 13.2. The topological polar surface area (TPSA) is 22.1 Å². The van der Waals surface area contributed by atoms with Gasteiger partial charge in [-0.25, -0.2) is 13.8 Å². The lowest BCUT2D eigenvalue weighted by molar-refractivity contribution is 0.215. The monoisotopic (exact) mass is 289 g/mol. The molecule has 1 aromatic heterocycles. The van der Waals surface area contributed by atoms with Crippen molar-refractivity contribution in [2.75, 3.05) is 0 Å². The zero-order valence-corrected chi connectivity index (χ0v) is 11.1. The number of hydrogen-bond acceptors (Lipinski definition) is 3. The second-order valence-corrected chi connectivity index (χ2v) is 4.80. The van der Waals surface area contributed by atoms with Gasteiger partial charge in [-0.3, -0.25) is 0 Å². The number of alkyl halides is 1. The Bertz CT molecular complexity index is 547. The molecule has 0 aliphatic rings. The third-order valence-corrected chi connectivity index (χ3v) is 3.58. The molecule has 6 heteroatoms. The van der Waals surface area contributed by atoms with Crippen LogP contribution in [0.25, 0.3) is 0 Å². The summed E-state index contributed by atoms with van der Waals surface area (Å²) in [5, 5.41) is 2.53. The Labute approximate surface area is 112 Å². The number of nitrogens with zero attached hydrogens (tertiary/aromatic N) is 1. The van der Waals surface area contributed by atoms with Crippen molar-refractivity contribution in [1.29, 1.82) is 0 Å².